The fourth-order valence-corrected chi connectivity index (χ4v) is 3.17. The average molecular weight is 301 g/mol. The van der Waals surface area contributed by atoms with Gasteiger partial charge in [-0.3, -0.25) is 14.7 Å². The van der Waals surface area contributed by atoms with Crippen LogP contribution in [-0.4, -0.2) is 28.4 Å². The number of piperidine rings is 1. The van der Waals surface area contributed by atoms with Crippen LogP contribution < -0.4 is 5.73 Å². The van der Waals surface area contributed by atoms with E-state index in [2.05, 4.69) is 16.8 Å². The Labute approximate surface area is 129 Å². The van der Waals surface area contributed by atoms with Crippen LogP contribution in [-0.2, 0) is 11.3 Å². The number of carbonyl (C=O) groups excluding carboxylic acids is 1. The van der Waals surface area contributed by atoms with Crippen molar-refractivity contribution in [3.63, 3.8) is 0 Å². The van der Waals surface area contributed by atoms with Gasteiger partial charge in [-0.25, -0.2) is 4.39 Å². The Balaban J connectivity index is 1.89. The highest BCUT2D eigenvalue weighted by atomic mass is 19.1. The first-order chi connectivity index (χ1) is 10.6. The second-order valence-electron chi connectivity index (χ2n) is 6.06. The number of primary amides is 1. The number of amides is 1. The number of hydrogen-bond acceptors (Lipinski definition) is 3. The van der Waals surface area contributed by atoms with Crippen LogP contribution in [0, 0.1) is 11.7 Å². The zero-order valence-corrected chi connectivity index (χ0v) is 12.6. The number of rotatable bonds is 3. The minimum absolute atomic E-state index is 0.101. The molecule has 2 N–H and O–H groups in total. The Hall–Kier alpha value is -2.01. The molecule has 1 aliphatic heterocycles. The van der Waals surface area contributed by atoms with Gasteiger partial charge in [0, 0.05) is 30.7 Å². The van der Waals surface area contributed by atoms with E-state index in [1.54, 1.807) is 24.4 Å². The number of carbonyl (C=O) groups is 1. The molecule has 2 atom stereocenters. The third-order valence-corrected chi connectivity index (χ3v) is 4.59. The molecular weight excluding hydrogens is 281 g/mol. The van der Waals surface area contributed by atoms with Gasteiger partial charge in [-0.1, -0.05) is 6.07 Å². The van der Waals surface area contributed by atoms with Gasteiger partial charge in [-0.15, -0.1) is 0 Å². The van der Waals surface area contributed by atoms with E-state index >= 15 is 0 Å². The molecule has 1 aromatic heterocycles. The monoisotopic (exact) mass is 301 g/mol. The Morgan fingerprint density at radius 1 is 1.41 bits per heavy atom. The van der Waals surface area contributed by atoms with Crippen molar-refractivity contribution in [3.8, 4) is 0 Å². The molecule has 0 spiro atoms. The Morgan fingerprint density at radius 3 is 3.00 bits per heavy atom. The number of fused-ring (bicyclic) bond motifs is 1. The number of pyridine rings is 1. The van der Waals surface area contributed by atoms with Crippen LogP contribution in [0.1, 0.15) is 25.3 Å². The molecule has 0 aliphatic carbocycles. The molecule has 1 saturated heterocycles. The van der Waals surface area contributed by atoms with E-state index in [-0.39, 0.29) is 17.6 Å². The lowest BCUT2D eigenvalue weighted by Crippen LogP contribution is -2.45. The molecule has 116 valence electrons. The van der Waals surface area contributed by atoms with Crippen LogP contribution in [0.4, 0.5) is 4.39 Å². The minimum Gasteiger partial charge on any atom is -0.369 e. The van der Waals surface area contributed by atoms with Gasteiger partial charge >= 0.3 is 0 Å². The summed E-state index contributed by atoms with van der Waals surface area (Å²) in [6, 6.07) is 7.12. The van der Waals surface area contributed by atoms with E-state index in [9.17, 15) is 9.18 Å². The number of benzene rings is 1. The van der Waals surface area contributed by atoms with Crippen molar-refractivity contribution < 1.29 is 9.18 Å². The number of halogens is 1. The lowest BCUT2D eigenvalue weighted by atomic mass is 9.92. The normalized spacial score (nSPS) is 22.8. The van der Waals surface area contributed by atoms with E-state index in [1.165, 1.54) is 6.07 Å². The predicted molar refractivity (Wildman–Crippen MR) is 83.5 cm³/mol. The standard InChI is InChI=1S/C17H20FN3O/c1-11-4-5-13(17(19)22)10-21(11)9-12-6-7-15(18)14-3-2-8-20-16(12)14/h2-3,6-8,11,13H,4-5,9-10H2,1H3,(H2,19,22)/t11-,13+/m1/s1. The van der Waals surface area contributed by atoms with Gasteiger partial charge in [-0.2, -0.15) is 0 Å². The summed E-state index contributed by atoms with van der Waals surface area (Å²) in [5.74, 6) is -0.594. The van der Waals surface area contributed by atoms with Crippen LogP contribution in [0.3, 0.4) is 0 Å². The topological polar surface area (TPSA) is 59.2 Å². The smallest absolute Gasteiger partial charge is 0.221 e. The van der Waals surface area contributed by atoms with Gasteiger partial charge in [-0.05, 0) is 43.5 Å². The summed E-state index contributed by atoms with van der Waals surface area (Å²) >= 11 is 0. The van der Waals surface area contributed by atoms with Crippen LogP contribution >= 0.6 is 0 Å². The summed E-state index contributed by atoms with van der Waals surface area (Å²) in [4.78, 5) is 18.0. The van der Waals surface area contributed by atoms with Crippen molar-refractivity contribution in [3.05, 3.63) is 41.8 Å². The van der Waals surface area contributed by atoms with Crippen molar-refractivity contribution in [1.82, 2.24) is 9.88 Å². The van der Waals surface area contributed by atoms with E-state index in [4.69, 9.17) is 5.73 Å². The average Bonchev–Trinajstić information content (AvgIpc) is 2.52. The lowest BCUT2D eigenvalue weighted by molar-refractivity contribution is -0.124. The zero-order valence-electron chi connectivity index (χ0n) is 12.6. The van der Waals surface area contributed by atoms with Gasteiger partial charge in [0.1, 0.15) is 5.82 Å². The van der Waals surface area contributed by atoms with Gasteiger partial charge in [0.05, 0.1) is 11.4 Å². The zero-order chi connectivity index (χ0) is 15.7. The highest BCUT2D eigenvalue weighted by molar-refractivity contribution is 5.82. The summed E-state index contributed by atoms with van der Waals surface area (Å²) in [7, 11) is 0. The van der Waals surface area contributed by atoms with E-state index in [1.807, 2.05) is 0 Å². The molecule has 5 heteroatoms. The van der Waals surface area contributed by atoms with Crippen molar-refractivity contribution >= 4 is 16.8 Å². The molecule has 2 heterocycles. The Morgan fingerprint density at radius 2 is 2.23 bits per heavy atom. The predicted octanol–water partition coefficient (Wildman–Crippen LogP) is 2.46. The van der Waals surface area contributed by atoms with E-state index in [0.29, 0.717) is 30.0 Å². The summed E-state index contributed by atoms with van der Waals surface area (Å²) in [5, 5.41) is 0.538. The van der Waals surface area contributed by atoms with Crippen molar-refractivity contribution in [2.24, 2.45) is 11.7 Å². The molecule has 1 aliphatic rings. The first-order valence-electron chi connectivity index (χ1n) is 7.61. The quantitative estimate of drug-likeness (QED) is 0.947. The molecule has 2 aromatic rings. The fourth-order valence-electron chi connectivity index (χ4n) is 3.17. The molecular formula is C17H20FN3O. The van der Waals surface area contributed by atoms with Crippen molar-refractivity contribution in [2.45, 2.75) is 32.4 Å². The van der Waals surface area contributed by atoms with E-state index < -0.39 is 0 Å². The second-order valence-corrected chi connectivity index (χ2v) is 6.06. The highest BCUT2D eigenvalue weighted by Gasteiger charge is 2.28. The van der Waals surface area contributed by atoms with Crippen LogP contribution in [0.25, 0.3) is 10.9 Å². The first-order valence-corrected chi connectivity index (χ1v) is 7.61. The van der Waals surface area contributed by atoms with Crippen LogP contribution in [0.2, 0.25) is 0 Å². The largest absolute Gasteiger partial charge is 0.369 e. The molecule has 22 heavy (non-hydrogen) atoms. The van der Waals surface area contributed by atoms with E-state index in [0.717, 1.165) is 18.4 Å². The third kappa shape index (κ3) is 2.81. The maximum absolute atomic E-state index is 13.9. The van der Waals surface area contributed by atoms with Crippen molar-refractivity contribution in [1.29, 1.82) is 0 Å². The molecule has 0 radical (unpaired) electrons. The minimum atomic E-state index is -0.256. The number of likely N-dealkylation sites (tertiary alicyclic amines) is 1. The number of aromatic nitrogens is 1. The molecule has 0 bridgehead atoms. The Kier molecular flexibility index (Phi) is 4.07. The van der Waals surface area contributed by atoms with Crippen LogP contribution in [0.5, 0.6) is 0 Å². The van der Waals surface area contributed by atoms with Gasteiger partial charge in [0.25, 0.3) is 0 Å². The first kappa shape index (κ1) is 14.9. The number of nitrogens with two attached hydrogens (primary N) is 1. The van der Waals surface area contributed by atoms with Gasteiger partial charge in [0.2, 0.25) is 5.91 Å². The highest BCUT2D eigenvalue weighted by Crippen LogP contribution is 2.26. The lowest BCUT2D eigenvalue weighted by Gasteiger charge is -2.37. The summed E-state index contributed by atoms with van der Waals surface area (Å²) in [6.07, 6.45) is 3.46. The second kappa shape index (κ2) is 6.01. The Bertz CT molecular complexity index is 703. The van der Waals surface area contributed by atoms with Gasteiger partial charge in [0.15, 0.2) is 0 Å². The number of hydrogen-bond donors (Lipinski definition) is 1. The molecule has 0 unspecified atom stereocenters. The molecule has 1 fully saturated rings. The molecule has 4 nitrogen and oxygen atoms in total. The van der Waals surface area contributed by atoms with Gasteiger partial charge < -0.3 is 5.73 Å². The maximum Gasteiger partial charge on any atom is 0.221 e. The summed E-state index contributed by atoms with van der Waals surface area (Å²) in [5.41, 5.74) is 7.12. The number of nitrogens with zero attached hydrogens (tertiary/aromatic N) is 2. The summed E-state index contributed by atoms with van der Waals surface area (Å²) < 4.78 is 13.9. The third-order valence-electron chi connectivity index (χ3n) is 4.59. The molecule has 3 rings (SSSR count). The maximum atomic E-state index is 13.9. The van der Waals surface area contributed by atoms with Crippen molar-refractivity contribution in [2.75, 3.05) is 6.54 Å². The van der Waals surface area contributed by atoms with Crippen LogP contribution in [0.15, 0.2) is 30.5 Å². The molecule has 0 saturated carbocycles. The SMILES string of the molecule is C[C@@H]1CC[C@H](C(N)=O)CN1Cc1ccc(F)c2cccnc12. The summed E-state index contributed by atoms with van der Waals surface area (Å²) in [6.45, 7) is 3.46. The molecule has 1 aromatic carbocycles. The molecule has 1 amide bonds. The fraction of sp³-hybridized carbons (Fsp3) is 0.412.